The summed E-state index contributed by atoms with van der Waals surface area (Å²) in [4.78, 5) is 0.159. The van der Waals surface area contributed by atoms with Crippen LogP contribution in [0.3, 0.4) is 0 Å². The molecular weight excluding hydrogens is 283 g/mol. The van der Waals surface area contributed by atoms with Crippen LogP contribution in [0.4, 0.5) is 0 Å². The second kappa shape index (κ2) is 5.51. The van der Waals surface area contributed by atoms with Crippen molar-refractivity contribution in [1.29, 1.82) is 0 Å². The van der Waals surface area contributed by atoms with Crippen molar-refractivity contribution in [1.82, 2.24) is 0 Å². The summed E-state index contributed by atoms with van der Waals surface area (Å²) in [5, 5.41) is 10.1. The number of aliphatic hydroxyl groups excluding tert-OH is 1. The molecular formula is C13H18O3Se. The number of aliphatic hydroxyl groups is 1. The quantitative estimate of drug-likeness (QED) is 0.827. The zero-order valence-electron chi connectivity index (χ0n) is 10.1. The maximum atomic E-state index is 10.1. The third-order valence-electron chi connectivity index (χ3n) is 2.66. The fourth-order valence-corrected chi connectivity index (χ4v) is 3.79. The Morgan fingerprint density at radius 1 is 1.18 bits per heavy atom. The van der Waals surface area contributed by atoms with Crippen LogP contribution in [-0.4, -0.2) is 45.2 Å². The molecule has 1 fully saturated rings. The summed E-state index contributed by atoms with van der Waals surface area (Å²) in [5.74, 6) is -0.581. The molecule has 17 heavy (non-hydrogen) atoms. The van der Waals surface area contributed by atoms with E-state index in [1.54, 1.807) is 0 Å². The summed E-state index contributed by atoms with van der Waals surface area (Å²) in [6, 6.07) is 10.3. The van der Waals surface area contributed by atoms with Gasteiger partial charge in [-0.1, -0.05) is 0 Å². The molecule has 0 spiro atoms. The number of hydrogen-bond donors (Lipinski definition) is 1. The topological polar surface area (TPSA) is 38.7 Å². The van der Waals surface area contributed by atoms with Crippen molar-refractivity contribution in [3.63, 3.8) is 0 Å². The molecule has 0 amide bonds. The summed E-state index contributed by atoms with van der Waals surface area (Å²) in [7, 11) is 0. The molecule has 0 aromatic heterocycles. The van der Waals surface area contributed by atoms with Gasteiger partial charge in [-0.25, -0.2) is 0 Å². The number of ether oxygens (including phenoxy) is 2. The molecule has 0 unspecified atom stereocenters. The van der Waals surface area contributed by atoms with Crippen LogP contribution in [0.2, 0.25) is 4.82 Å². The first kappa shape index (κ1) is 13.1. The molecule has 3 nitrogen and oxygen atoms in total. The van der Waals surface area contributed by atoms with Gasteiger partial charge in [-0.05, 0) is 0 Å². The van der Waals surface area contributed by atoms with Crippen molar-refractivity contribution in [3.05, 3.63) is 30.3 Å². The van der Waals surface area contributed by atoms with Gasteiger partial charge in [0, 0.05) is 0 Å². The average Bonchev–Trinajstić information content (AvgIpc) is 2.44. The molecule has 4 heteroatoms. The maximum absolute atomic E-state index is 10.1. The zero-order valence-corrected chi connectivity index (χ0v) is 11.8. The van der Waals surface area contributed by atoms with Gasteiger partial charge in [0.15, 0.2) is 0 Å². The Kier molecular flexibility index (Phi) is 4.23. The standard InChI is InChI=1S/C13H18O3Se/c1-13(2)15-8-11(14)12(9-16-13)17-10-6-4-3-5-7-10/h3-7,11-12,14H,8-9H2,1-2H3/t11-,12-/m0/s1. The van der Waals surface area contributed by atoms with E-state index < -0.39 is 11.9 Å². The second-order valence-corrected chi connectivity index (χ2v) is 7.31. The summed E-state index contributed by atoms with van der Waals surface area (Å²) < 4.78 is 12.5. The molecule has 1 heterocycles. The van der Waals surface area contributed by atoms with Crippen molar-refractivity contribution in [2.75, 3.05) is 13.2 Å². The normalized spacial score (nSPS) is 28.6. The van der Waals surface area contributed by atoms with E-state index >= 15 is 0 Å². The minimum absolute atomic E-state index is 0.159. The molecule has 2 atom stereocenters. The summed E-state index contributed by atoms with van der Waals surface area (Å²) in [6.07, 6.45) is -0.433. The van der Waals surface area contributed by atoms with E-state index in [9.17, 15) is 5.11 Å². The predicted molar refractivity (Wildman–Crippen MR) is 67.6 cm³/mol. The van der Waals surface area contributed by atoms with Gasteiger partial charge in [0.25, 0.3) is 0 Å². The predicted octanol–water partition coefficient (Wildman–Crippen LogP) is 0.948. The molecule has 0 saturated carbocycles. The third-order valence-corrected chi connectivity index (χ3v) is 5.38. The number of hydrogen-bond acceptors (Lipinski definition) is 3. The SMILES string of the molecule is CC1(C)OC[C@H]([Se]c2ccccc2)[C@@H](O)CO1. The summed E-state index contributed by atoms with van der Waals surface area (Å²) in [5.41, 5.74) is 0. The van der Waals surface area contributed by atoms with Gasteiger partial charge < -0.3 is 0 Å². The van der Waals surface area contributed by atoms with E-state index in [2.05, 4.69) is 12.1 Å². The zero-order chi connectivity index (χ0) is 12.3. The Labute approximate surface area is 108 Å². The van der Waals surface area contributed by atoms with Crippen molar-refractivity contribution < 1.29 is 14.6 Å². The van der Waals surface area contributed by atoms with Crippen LogP contribution >= 0.6 is 0 Å². The molecule has 1 aromatic rings. The van der Waals surface area contributed by atoms with Gasteiger partial charge in [-0.3, -0.25) is 0 Å². The second-order valence-electron chi connectivity index (χ2n) is 4.56. The first-order chi connectivity index (χ1) is 8.07. The van der Waals surface area contributed by atoms with Gasteiger partial charge in [0.2, 0.25) is 0 Å². The Balaban J connectivity index is 2.01. The summed E-state index contributed by atoms with van der Waals surface area (Å²) in [6.45, 7) is 4.69. The molecule has 0 bridgehead atoms. The van der Waals surface area contributed by atoms with Crippen LogP contribution in [0, 0.1) is 0 Å². The molecule has 1 aliphatic heterocycles. The van der Waals surface area contributed by atoms with E-state index in [0.717, 1.165) is 0 Å². The molecule has 1 N–H and O–H groups in total. The Morgan fingerprint density at radius 3 is 2.53 bits per heavy atom. The molecule has 2 rings (SSSR count). The van der Waals surface area contributed by atoms with Crippen LogP contribution in [0.25, 0.3) is 0 Å². The van der Waals surface area contributed by atoms with Crippen LogP contribution in [0.15, 0.2) is 30.3 Å². The molecule has 1 saturated heterocycles. The molecule has 1 aliphatic rings. The monoisotopic (exact) mass is 302 g/mol. The van der Waals surface area contributed by atoms with Crippen LogP contribution in [0.1, 0.15) is 13.8 Å². The van der Waals surface area contributed by atoms with Crippen molar-refractivity contribution >= 4 is 19.4 Å². The number of rotatable bonds is 2. The van der Waals surface area contributed by atoms with Gasteiger partial charge in [0.1, 0.15) is 0 Å². The Bertz CT molecular complexity index is 353. The van der Waals surface area contributed by atoms with E-state index in [1.807, 2.05) is 32.0 Å². The molecule has 94 valence electrons. The Hall–Kier alpha value is -0.381. The fourth-order valence-electron chi connectivity index (χ4n) is 1.62. The first-order valence-corrected chi connectivity index (χ1v) is 7.59. The van der Waals surface area contributed by atoms with E-state index in [-0.39, 0.29) is 19.8 Å². The van der Waals surface area contributed by atoms with Crippen LogP contribution < -0.4 is 4.46 Å². The van der Waals surface area contributed by atoms with Gasteiger partial charge in [-0.2, -0.15) is 0 Å². The van der Waals surface area contributed by atoms with Crippen LogP contribution in [0.5, 0.6) is 0 Å². The van der Waals surface area contributed by atoms with Crippen molar-refractivity contribution in [2.45, 2.75) is 30.6 Å². The average molecular weight is 301 g/mol. The number of benzene rings is 1. The third kappa shape index (κ3) is 3.80. The van der Waals surface area contributed by atoms with E-state index in [0.29, 0.717) is 13.2 Å². The van der Waals surface area contributed by atoms with Crippen molar-refractivity contribution in [3.8, 4) is 0 Å². The van der Waals surface area contributed by atoms with Gasteiger partial charge >= 0.3 is 108 Å². The van der Waals surface area contributed by atoms with Gasteiger partial charge in [-0.15, -0.1) is 0 Å². The minimum atomic E-state index is -0.581. The Morgan fingerprint density at radius 2 is 1.82 bits per heavy atom. The molecule has 1 aromatic carbocycles. The first-order valence-electron chi connectivity index (χ1n) is 5.74. The molecule has 0 aliphatic carbocycles. The van der Waals surface area contributed by atoms with Gasteiger partial charge in [0.05, 0.1) is 0 Å². The van der Waals surface area contributed by atoms with E-state index in [1.165, 1.54) is 4.46 Å². The van der Waals surface area contributed by atoms with E-state index in [4.69, 9.17) is 9.47 Å². The van der Waals surface area contributed by atoms with Crippen molar-refractivity contribution in [2.24, 2.45) is 0 Å². The fraction of sp³-hybridized carbons (Fsp3) is 0.538. The summed E-state index contributed by atoms with van der Waals surface area (Å²) >= 11 is 0.213. The van der Waals surface area contributed by atoms with Crippen LogP contribution in [-0.2, 0) is 9.47 Å². The molecule has 0 radical (unpaired) electrons.